The number of aromatic nitrogens is 2. The lowest BCUT2D eigenvalue weighted by Crippen LogP contribution is -2.03. The molecule has 0 atom stereocenters. The predicted molar refractivity (Wildman–Crippen MR) is 76.2 cm³/mol. The van der Waals surface area contributed by atoms with E-state index in [0.717, 1.165) is 4.88 Å². The molecular weight excluding hydrogens is 301 g/mol. The van der Waals surface area contributed by atoms with E-state index in [9.17, 15) is 13.2 Å². The smallest absolute Gasteiger partial charge is 0.223 e. The molecule has 4 nitrogen and oxygen atoms in total. The van der Waals surface area contributed by atoms with Crippen LogP contribution in [0.3, 0.4) is 0 Å². The number of thiophene rings is 1. The molecular formula is C13H9F3N4S. The van der Waals surface area contributed by atoms with E-state index in [-0.39, 0.29) is 11.8 Å². The number of benzene rings is 1. The lowest BCUT2D eigenvalue weighted by molar-refractivity contribution is 0.549. The van der Waals surface area contributed by atoms with Crippen molar-refractivity contribution in [1.29, 1.82) is 0 Å². The van der Waals surface area contributed by atoms with Gasteiger partial charge < -0.3 is 11.1 Å². The SMILES string of the molecule is Cc1cc2c(Nc3c(F)cc(F)cc3F)nc(N)nc2s1. The maximum Gasteiger partial charge on any atom is 0.223 e. The maximum atomic E-state index is 13.7. The van der Waals surface area contributed by atoms with Crippen LogP contribution in [0, 0.1) is 24.4 Å². The number of nitrogens with zero attached hydrogens (tertiary/aromatic N) is 2. The zero-order valence-corrected chi connectivity index (χ0v) is 11.6. The van der Waals surface area contributed by atoms with Crippen LogP contribution in [0.15, 0.2) is 18.2 Å². The number of nitrogen functional groups attached to an aromatic ring is 1. The minimum atomic E-state index is -1.05. The van der Waals surface area contributed by atoms with Crippen molar-refractivity contribution >= 4 is 39.0 Å². The van der Waals surface area contributed by atoms with Crippen LogP contribution in [0.4, 0.5) is 30.6 Å². The lowest BCUT2D eigenvalue weighted by Gasteiger charge is -2.09. The van der Waals surface area contributed by atoms with Gasteiger partial charge in [0.15, 0.2) is 11.6 Å². The zero-order valence-electron chi connectivity index (χ0n) is 10.7. The van der Waals surface area contributed by atoms with Crippen molar-refractivity contribution in [2.75, 3.05) is 11.1 Å². The number of hydrogen-bond acceptors (Lipinski definition) is 5. The van der Waals surface area contributed by atoms with Crippen molar-refractivity contribution in [3.63, 3.8) is 0 Å². The number of hydrogen-bond donors (Lipinski definition) is 2. The molecule has 3 rings (SSSR count). The number of anilines is 3. The first kappa shape index (κ1) is 13.6. The highest BCUT2D eigenvalue weighted by Gasteiger charge is 2.15. The summed E-state index contributed by atoms with van der Waals surface area (Å²) in [5.74, 6) is -2.94. The first-order chi connectivity index (χ1) is 9.94. The second-order valence-corrected chi connectivity index (χ2v) is 5.61. The molecule has 0 saturated carbocycles. The van der Waals surface area contributed by atoms with Crippen LogP contribution < -0.4 is 11.1 Å². The average molecular weight is 310 g/mol. The molecule has 0 aliphatic heterocycles. The van der Waals surface area contributed by atoms with E-state index in [1.165, 1.54) is 11.3 Å². The van der Waals surface area contributed by atoms with Gasteiger partial charge in [0.1, 0.15) is 22.2 Å². The Kier molecular flexibility index (Phi) is 3.17. The minimum absolute atomic E-state index is 0.0187. The Morgan fingerprint density at radius 3 is 2.43 bits per heavy atom. The Hall–Kier alpha value is -2.35. The number of rotatable bonds is 2. The Labute approximate surface area is 121 Å². The van der Waals surface area contributed by atoms with Crippen molar-refractivity contribution in [2.45, 2.75) is 6.92 Å². The third-order valence-corrected chi connectivity index (χ3v) is 3.73. The Bertz CT molecular complexity index is 824. The van der Waals surface area contributed by atoms with Crippen molar-refractivity contribution < 1.29 is 13.2 Å². The number of fused-ring (bicyclic) bond motifs is 1. The van der Waals surface area contributed by atoms with Crippen LogP contribution in [0.5, 0.6) is 0 Å². The third-order valence-electron chi connectivity index (χ3n) is 2.78. The summed E-state index contributed by atoms with van der Waals surface area (Å²) in [7, 11) is 0. The lowest BCUT2D eigenvalue weighted by atomic mass is 10.2. The highest BCUT2D eigenvalue weighted by Crippen LogP contribution is 2.32. The molecule has 0 aliphatic rings. The van der Waals surface area contributed by atoms with Gasteiger partial charge in [0.25, 0.3) is 0 Å². The summed E-state index contributed by atoms with van der Waals surface area (Å²) in [5, 5.41) is 3.12. The molecule has 108 valence electrons. The second-order valence-electron chi connectivity index (χ2n) is 4.38. The monoisotopic (exact) mass is 310 g/mol. The van der Waals surface area contributed by atoms with E-state index in [1.807, 2.05) is 6.92 Å². The van der Waals surface area contributed by atoms with E-state index >= 15 is 0 Å². The fourth-order valence-corrected chi connectivity index (χ4v) is 2.82. The van der Waals surface area contributed by atoms with Crippen molar-refractivity contribution in [3.05, 3.63) is 40.5 Å². The molecule has 0 fully saturated rings. The predicted octanol–water partition coefficient (Wildman–Crippen LogP) is 3.74. The highest BCUT2D eigenvalue weighted by atomic mass is 32.1. The first-order valence-electron chi connectivity index (χ1n) is 5.89. The molecule has 2 aromatic heterocycles. The van der Waals surface area contributed by atoms with Crippen LogP contribution in [0.2, 0.25) is 0 Å². The molecule has 0 aliphatic carbocycles. The van der Waals surface area contributed by atoms with Gasteiger partial charge in [-0.1, -0.05) is 0 Å². The summed E-state index contributed by atoms with van der Waals surface area (Å²) in [5.41, 5.74) is 5.10. The van der Waals surface area contributed by atoms with E-state index < -0.39 is 23.1 Å². The molecule has 2 heterocycles. The first-order valence-corrected chi connectivity index (χ1v) is 6.71. The normalized spacial score (nSPS) is 11.0. The molecule has 0 saturated heterocycles. The molecule has 0 spiro atoms. The summed E-state index contributed by atoms with van der Waals surface area (Å²) in [6, 6.07) is 2.96. The summed E-state index contributed by atoms with van der Waals surface area (Å²) in [4.78, 5) is 9.56. The molecule has 1 aromatic carbocycles. The van der Waals surface area contributed by atoms with Gasteiger partial charge in [-0.25, -0.2) is 18.2 Å². The fourth-order valence-electron chi connectivity index (χ4n) is 1.93. The van der Waals surface area contributed by atoms with Gasteiger partial charge in [0.2, 0.25) is 5.95 Å². The number of aryl methyl sites for hydroxylation is 1. The van der Waals surface area contributed by atoms with E-state index in [2.05, 4.69) is 15.3 Å². The summed E-state index contributed by atoms with van der Waals surface area (Å²) in [6.07, 6.45) is 0. The number of nitrogens with two attached hydrogens (primary N) is 1. The summed E-state index contributed by atoms with van der Waals surface area (Å²) in [6.45, 7) is 1.87. The van der Waals surface area contributed by atoms with Gasteiger partial charge in [0, 0.05) is 17.0 Å². The molecule has 3 aromatic rings. The average Bonchev–Trinajstić information content (AvgIpc) is 2.73. The molecule has 0 unspecified atom stereocenters. The van der Waals surface area contributed by atoms with Gasteiger partial charge in [-0.2, -0.15) is 4.98 Å². The summed E-state index contributed by atoms with van der Waals surface area (Å²) < 4.78 is 40.3. The standard InChI is InChI=1S/C13H9F3N4S/c1-5-2-7-11(19-13(17)20-12(7)21-5)18-10-8(15)3-6(14)4-9(10)16/h2-4H,1H3,(H3,17,18,19,20). The van der Waals surface area contributed by atoms with Crippen molar-refractivity contribution in [1.82, 2.24) is 9.97 Å². The molecule has 8 heteroatoms. The van der Waals surface area contributed by atoms with Gasteiger partial charge >= 0.3 is 0 Å². The fraction of sp³-hybridized carbons (Fsp3) is 0.0769. The van der Waals surface area contributed by atoms with Gasteiger partial charge in [-0.3, -0.25) is 0 Å². The molecule has 0 bridgehead atoms. The van der Waals surface area contributed by atoms with Crippen LogP contribution in [-0.4, -0.2) is 9.97 Å². The summed E-state index contributed by atoms with van der Waals surface area (Å²) >= 11 is 1.38. The van der Waals surface area contributed by atoms with Gasteiger partial charge in [0.05, 0.1) is 5.39 Å². The molecule has 0 radical (unpaired) electrons. The van der Waals surface area contributed by atoms with Gasteiger partial charge in [-0.15, -0.1) is 11.3 Å². The Morgan fingerprint density at radius 2 is 1.76 bits per heavy atom. The van der Waals surface area contributed by atoms with Crippen molar-refractivity contribution in [3.8, 4) is 0 Å². The van der Waals surface area contributed by atoms with Crippen LogP contribution in [-0.2, 0) is 0 Å². The van der Waals surface area contributed by atoms with Crippen LogP contribution in [0.1, 0.15) is 4.88 Å². The number of nitrogens with one attached hydrogen (secondary N) is 1. The zero-order chi connectivity index (χ0) is 15.1. The largest absolute Gasteiger partial charge is 0.368 e. The quantitative estimate of drug-likeness (QED) is 0.757. The third kappa shape index (κ3) is 2.49. The molecule has 21 heavy (non-hydrogen) atoms. The topological polar surface area (TPSA) is 63.8 Å². The molecule has 0 amide bonds. The maximum absolute atomic E-state index is 13.7. The second kappa shape index (κ2) is 4.88. The van der Waals surface area contributed by atoms with Crippen LogP contribution >= 0.6 is 11.3 Å². The Balaban J connectivity index is 2.14. The van der Waals surface area contributed by atoms with Gasteiger partial charge in [-0.05, 0) is 13.0 Å². The Morgan fingerprint density at radius 1 is 1.10 bits per heavy atom. The molecule has 3 N–H and O–H groups in total. The van der Waals surface area contributed by atoms with E-state index in [1.54, 1.807) is 6.07 Å². The highest BCUT2D eigenvalue weighted by molar-refractivity contribution is 7.18. The van der Waals surface area contributed by atoms with E-state index in [4.69, 9.17) is 5.73 Å². The number of halogens is 3. The van der Waals surface area contributed by atoms with Crippen LogP contribution in [0.25, 0.3) is 10.2 Å². The van der Waals surface area contributed by atoms with E-state index in [0.29, 0.717) is 22.3 Å². The minimum Gasteiger partial charge on any atom is -0.368 e. The van der Waals surface area contributed by atoms with Crippen molar-refractivity contribution in [2.24, 2.45) is 0 Å².